The minimum atomic E-state index is 0.0925. The maximum absolute atomic E-state index is 12.3. The Kier molecular flexibility index (Phi) is 6.07. The summed E-state index contributed by atoms with van der Waals surface area (Å²) in [4.78, 5) is 16.6. The molecule has 26 heavy (non-hydrogen) atoms. The fourth-order valence-corrected chi connectivity index (χ4v) is 3.06. The van der Waals surface area contributed by atoms with Crippen LogP contribution in [0.4, 0.5) is 0 Å². The van der Waals surface area contributed by atoms with E-state index in [0.717, 1.165) is 30.7 Å². The van der Waals surface area contributed by atoms with Gasteiger partial charge in [0.25, 0.3) is 0 Å². The highest BCUT2D eigenvalue weighted by molar-refractivity contribution is 5.78. The Balaban J connectivity index is 1.51. The molecule has 2 N–H and O–H groups in total. The van der Waals surface area contributed by atoms with Crippen LogP contribution in [0.1, 0.15) is 25.3 Å². The van der Waals surface area contributed by atoms with Gasteiger partial charge >= 0.3 is 0 Å². The molecule has 1 aromatic carbocycles. The van der Waals surface area contributed by atoms with Gasteiger partial charge in [0.1, 0.15) is 11.5 Å². The number of hydrogen-bond acceptors (Lipinski definition) is 5. The molecule has 138 valence electrons. The molecular formula is C20H25N3O3. The summed E-state index contributed by atoms with van der Waals surface area (Å²) in [6.45, 7) is 3.49. The van der Waals surface area contributed by atoms with Crippen molar-refractivity contribution < 1.29 is 14.3 Å². The fraction of sp³-hybridized carbons (Fsp3) is 0.400. The summed E-state index contributed by atoms with van der Waals surface area (Å²) in [5.74, 6) is 2.11. The van der Waals surface area contributed by atoms with Gasteiger partial charge in [0.05, 0.1) is 7.11 Å². The lowest BCUT2D eigenvalue weighted by Crippen LogP contribution is -2.42. The van der Waals surface area contributed by atoms with Gasteiger partial charge in [-0.15, -0.1) is 0 Å². The molecule has 0 radical (unpaired) electrons. The monoisotopic (exact) mass is 355 g/mol. The molecule has 3 rings (SSSR count). The number of ether oxygens (including phenoxy) is 2. The summed E-state index contributed by atoms with van der Waals surface area (Å²) in [5, 5.41) is 6.37. The van der Waals surface area contributed by atoms with Crippen molar-refractivity contribution in [2.24, 2.45) is 5.92 Å². The van der Waals surface area contributed by atoms with Crippen LogP contribution in [-0.2, 0) is 11.3 Å². The number of benzene rings is 1. The molecule has 0 saturated carbocycles. The minimum Gasteiger partial charge on any atom is -0.497 e. The molecule has 1 aliphatic rings. The molecule has 0 spiro atoms. The predicted molar refractivity (Wildman–Crippen MR) is 99.3 cm³/mol. The number of hydrogen-bond donors (Lipinski definition) is 2. The predicted octanol–water partition coefficient (Wildman–Crippen LogP) is 2.89. The van der Waals surface area contributed by atoms with Crippen molar-refractivity contribution >= 4 is 5.91 Å². The molecule has 1 aromatic heterocycles. The number of methoxy groups -OCH3 is 1. The molecule has 1 fully saturated rings. The maximum Gasteiger partial charge on any atom is 0.223 e. The number of amides is 1. The number of aromatic nitrogens is 1. The lowest BCUT2D eigenvalue weighted by molar-refractivity contribution is -0.126. The molecule has 2 heterocycles. The van der Waals surface area contributed by atoms with E-state index in [-0.39, 0.29) is 11.8 Å². The van der Waals surface area contributed by atoms with E-state index in [4.69, 9.17) is 9.47 Å². The van der Waals surface area contributed by atoms with E-state index in [9.17, 15) is 4.79 Å². The standard InChI is InChI=1S/C20H25N3O3/c1-14-10-16(8-9-21-14)20(24)23-13-15-6-7-19(22-12-15)26-18-5-3-4-17(11-18)25-2/h3-7,11-12,14,16,21H,8-10,13H2,1-2H3,(H,23,24)/t14-,16-/m0/s1. The lowest BCUT2D eigenvalue weighted by atomic mass is 9.92. The molecule has 6 heteroatoms. The molecule has 1 amide bonds. The van der Waals surface area contributed by atoms with Gasteiger partial charge in [-0.05, 0) is 44.0 Å². The second kappa shape index (κ2) is 8.67. The van der Waals surface area contributed by atoms with Crippen LogP contribution < -0.4 is 20.1 Å². The molecular weight excluding hydrogens is 330 g/mol. The van der Waals surface area contributed by atoms with Gasteiger partial charge < -0.3 is 20.1 Å². The number of carbonyl (C=O) groups is 1. The summed E-state index contributed by atoms with van der Waals surface area (Å²) in [6.07, 6.45) is 3.50. The number of pyridine rings is 1. The van der Waals surface area contributed by atoms with E-state index >= 15 is 0 Å². The SMILES string of the molecule is COc1cccc(Oc2ccc(CNC(=O)[C@H]3CCN[C@@H](C)C3)cn2)c1. The second-order valence-corrected chi connectivity index (χ2v) is 6.58. The quantitative estimate of drug-likeness (QED) is 0.834. The largest absolute Gasteiger partial charge is 0.497 e. The number of nitrogens with one attached hydrogen (secondary N) is 2. The van der Waals surface area contributed by atoms with E-state index in [1.54, 1.807) is 25.4 Å². The third kappa shape index (κ3) is 4.95. The van der Waals surface area contributed by atoms with Crippen molar-refractivity contribution in [1.29, 1.82) is 0 Å². The second-order valence-electron chi connectivity index (χ2n) is 6.58. The van der Waals surface area contributed by atoms with Crippen LogP contribution >= 0.6 is 0 Å². The third-order valence-electron chi connectivity index (χ3n) is 4.52. The van der Waals surface area contributed by atoms with Crippen LogP contribution in [-0.4, -0.2) is 30.6 Å². The van der Waals surface area contributed by atoms with Gasteiger partial charge in [0.15, 0.2) is 0 Å². The van der Waals surface area contributed by atoms with E-state index < -0.39 is 0 Å². The summed E-state index contributed by atoms with van der Waals surface area (Å²) < 4.78 is 10.9. The Morgan fingerprint density at radius 3 is 2.88 bits per heavy atom. The highest BCUT2D eigenvalue weighted by atomic mass is 16.5. The molecule has 2 atom stereocenters. The Hall–Kier alpha value is -2.60. The summed E-state index contributed by atoms with van der Waals surface area (Å²) >= 11 is 0. The van der Waals surface area contributed by atoms with Crippen molar-refractivity contribution in [2.45, 2.75) is 32.4 Å². The highest BCUT2D eigenvalue weighted by Crippen LogP contribution is 2.24. The Bertz CT molecular complexity index is 733. The third-order valence-corrected chi connectivity index (χ3v) is 4.52. The van der Waals surface area contributed by atoms with Crippen LogP contribution in [0.2, 0.25) is 0 Å². The zero-order chi connectivity index (χ0) is 18.4. The van der Waals surface area contributed by atoms with Gasteiger partial charge in [0, 0.05) is 36.8 Å². The van der Waals surface area contributed by atoms with E-state index in [1.807, 2.05) is 24.3 Å². The Morgan fingerprint density at radius 1 is 1.31 bits per heavy atom. The first-order valence-corrected chi connectivity index (χ1v) is 8.92. The Labute approximate surface area is 153 Å². The first kappa shape index (κ1) is 18.2. The zero-order valence-electron chi connectivity index (χ0n) is 15.2. The van der Waals surface area contributed by atoms with Crippen LogP contribution in [0.15, 0.2) is 42.6 Å². The Morgan fingerprint density at radius 2 is 2.15 bits per heavy atom. The number of piperidine rings is 1. The summed E-state index contributed by atoms with van der Waals surface area (Å²) in [5.41, 5.74) is 0.943. The summed E-state index contributed by atoms with van der Waals surface area (Å²) in [7, 11) is 1.62. The van der Waals surface area contributed by atoms with E-state index in [2.05, 4.69) is 22.5 Å². The van der Waals surface area contributed by atoms with Crippen molar-refractivity contribution in [3.05, 3.63) is 48.2 Å². The van der Waals surface area contributed by atoms with Gasteiger partial charge in [-0.3, -0.25) is 4.79 Å². The molecule has 1 saturated heterocycles. The van der Waals surface area contributed by atoms with Crippen molar-refractivity contribution in [3.8, 4) is 17.4 Å². The zero-order valence-corrected chi connectivity index (χ0v) is 15.2. The van der Waals surface area contributed by atoms with Crippen LogP contribution in [0.5, 0.6) is 17.4 Å². The van der Waals surface area contributed by atoms with Gasteiger partial charge in [-0.1, -0.05) is 12.1 Å². The maximum atomic E-state index is 12.3. The van der Waals surface area contributed by atoms with Gasteiger partial charge in [0.2, 0.25) is 11.8 Å². The molecule has 6 nitrogen and oxygen atoms in total. The number of rotatable bonds is 6. The number of carbonyl (C=O) groups excluding carboxylic acids is 1. The smallest absolute Gasteiger partial charge is 0.223 e. The normalized spacial score (nSPS) is 19.6. The highest BCUT2D eigenvalue weighted by Gasteiger charge is 2.24. The minimum absolute atomic E-state index is 0.0925. The molecule has 0 unspecified atom stereocenters. The van der Waals surface area contributed by atoms with Gasteiger partial charge in [-0.25, -0.2) is 4.98 Å². The van der Waals surface area contributed by atoms with Gasteiger partial charge in [-0.2, -0.15) is 0 Å². The lowest BCUT2D eigenvalue weighted by Gasteiger charge is -2.27. The average molecular weight is 355 g/mol. The first-order valence-electron chi connectivity index (χ1n) is 8.92. The molecule has 1 aliphatic heterocycles. The molecule has 2 aromatic rings. The van der Waals surface area contributed by atoms with E-state index in [1.165, 1.54) is 0 Å². The molecule has 0 bridgehead atoms. The average Bonchev–Trinajstić information content (AvgIpc) is 2.67. The summed E-state index contributed by atoms with van der Waals surface area (Å²) in [6, 6.07) is 11.5. The topological polar surface area (TPSA) is 72.5 Å². The van der Waals surface area contributed by atoms with Crippen molar-refractivity contribution in [3.63, 3.8) is 0 Å². The van der Waals surface area contributed by atoms with Crippen LogP contribution in [0.25, 0.3) is 0 Å². The fourth-order valence-electron chi connectivity index (χ4n) is 3.06. The van der Waals surface area contributed by atoms with Crippen LogP contribution in [0.3, 0.4) is 0 Å². The first-order chi connectivity index (χ1) is 12.6. The van der Waals surface area contributed by atoms with E-state index in [0.29, 0.717) is 24.2 Å². The molecule has 0 aliphatic carbocycles. The van der Waals surface area contributed by atoms with Crippen molar-refractivity contribution in [2.75, 3.05) is 13.7 Å². The van der Waals surface area contributed by atoms with Crippen molar-refractivity contribution in [1.82, 2.24) is 15.6 Å². The number of nitrogens with zero attached hydrogens (tertiary/aromatic N) is 1. The van der Waals surface area contributed by atoms with Crippen LogP contribution in [0, 0.1) is 5.92 Å².